The maximum atomic E-state index is 12.2. The van der Waals surface area contributed by atoms with Gasteiger partial charge in [-0.1, -0.05) is 35.9 Å². The molecule has 2 aromatic carbocycles. The lowest BCUT2D eigenvalue weighted by molar-refractivity contribution is -0.274. The molecule has 2 aromatic rings. The van der Waals surface area contributed by atoms with Crippen molar-refractivity contribution in [2.24, 2.45) is 0 Å². The number of rotatable bonds is 12. The predicted octanol–water partition coefficient (Wildman–Crippen LogP) is 5.24. The van der Waals surface area contributed by atoms with Crippen LogP contribution < -0.4 is 15.4 Å². The third kappa shape index (κ3) is 9.30. The fraction of sp³-hybridized carbons (Fsp3) is 0.400. The molecule has 4 nitrogen and oxygen atoms in total. The first-order valence-electron chi connectivity index (χ1n) is 9.05. The topological polar surface area (TPSA) is 42.5 Å². The van der Waals surface area contributed by atoms with Gasteiger partial charge in [0.1, 0.15) is 5.75 Å². The second kappa shape index (κ2) is 11.8. The van der Waals surface area contributed by atoms with Gasteiger partial charge in [-0.3, -0.25) is 0 Å². The first-order valence-corrected chi connectivity index (χ1v) is 9.43. The van der Waals surface area contributed by atoms with Gasteiger partial charge in [0.2, 0.25) is 0 Å². The second-order valence-electron chi connectivity index (χ2n) is 6.10. The van der Waals surface area contributed by atoms with Crippen molar-refractivity contribution in [3.63, 3.8) is 0 Å². The Kier molecular flexibility index (Phi) is 9.40. The molecule has 2 rings (SSSR count). The first kappa shape index (κ1) is 22.3. The molecule has 0 aliphatic heterocycles. The molecule has 0 saturated carbocycles. The molecule has 0 spiro atoms. The highest BCUT2D eigenvalue weighted by atomic mass is 35.5. The number of hydrogen-bond acceptors (Lipinski definition) is 4. The summed E-state index contributed by atoms with van der Waals surface area (Å²) in [5, 5.41) is 6.45. The molecule has 0 aliphatic rings. The fourth-order valence-electron chi connectivity index (χ4n) is 2.47. The van der Waals surface area contributed by atoms with Crippen molar-refractivity contribution in [3.05, 3.63) is 59.1 Å². The molecule has 0 radical (unpaired) electrons. The van der Waals surface area contributed by atoms with Gasteiger partial charge in [-0.2, -0.15) is 0 Å². The van der Waals surface area contributed by atoms with Crippen LogP contribution in [0.15, 0.2) is 48.5 Å². The van der Waals surface area contributed by atoms with Crippen LogP contribution in [-0.2, 0) is 11.3 Å². The Bertz CT molecular complexity index is 700. The van der Waals surface area contributed by atoms with E-state index in [4.69, 9.17) is 16.3 Å². The van der Waals surface area contributed by atoms with Crippen molar-refractivity contribution in [1.82, 2.24) is 5.32 Å². The number of alkyl halides is 3. The third-order valence-electron chi connectivity index (χ3n) is 3.79. The van der Waals surface area contributed by atoms with Crippen LogP contribution in [0, 0.1) is 0 Å². The van der Waals surface area contributed by atoms with Gasteiger partial charge in [0.05, 0.1) is 11.6 Å². The van der Waals surface area contributed by atoms with Gasteiger partial charge in [-0.25, -0.2) is 0 Å². The molecule has 8 heteroatoms. The Morgan fingerprint density at radius 1 is 0.929 bits per heavy atom. The predicted molar refractivity (Wildman–Crippen MR) is 105 cm³/mol. The molecule has 0 heterocycles. The minimum atomic E-state index is -4.75. The third-order valence-corrected chi connectivity index (χ3v) is 4.09. The Hall–Kier alpha value is -1.96. The van der Waals surface area contributed by atoms with Crippen molar-refractivity contribution < 1.29 is 22.6 Å². The molecule has 0 atom stereocenters. The van der Waals surface area contributed by atoms with Crippen molar-refractivity contribution in [2.45, 2.75) is 25.7 Å². The number of unbranched alkanes of at least 4 members (excludes halogenated alkanes) is 1. The van der Waals surface area contributed by atoms with Crippen LogP contribution in [0.1, 0.15) is 18.4 Å². The quantitative estimate of drug-likeness (QED) is 0.464. The lowest BCUT2D eigenvalue weighted by atomic mass is 10.2. The van der Waals surface area contributed by atoms with Crippen molar-refractivity contribution in [2.75, 3.05) is 31.6 Å². The standard InChI is InChI=1S/C20H24ClF3N2O2/c21-18-14-16(8-9-19(18)28-20(22,23)24)15-25-10-4-5-12-27-13-11-26-17-6-2-1-3-7-17/h1-3,6-9,14,25-26H,4-5,10-13,15H2. The average molecular weight is 417 g/mol. The summed E-state index contributed by atoms with van der Waals surface area (Å²) >= 11 is 5.82. The minimum absolute atomic E-state index is 0.0610. The summed E-state index contributed by atoms with van der Waals surface area (Å²) in [7, 11) is 0. The van der Waals surface area contributed by atoms with Gasteiger partial charge in [-0.15, -0.1) is 13.2 Å². The van der Waals surface area contributed by atoms with Crippen LogP contribution in [-0.4, -0.2) is 32.7 Å². The van der Waals surface area contributed by atoms with Crippen molar-refractivity contribution >= 4 is 17.3 Å². The molecule has 0 amide bonds. The number of para-hydroxylation sites is 1. The number of hydrogen-bond donors (Lipinski definition) is 2. The summed E-state index contributed by atoms with van der Waals surface area (Å²) in [6.45, 7) is 3.40. The van der Waals surface area contributed by atoms with E-state index in [1.807, 2.05) is 30.3 Å². The van der Waals surface area contributed by atoms with E-state index in [2.05, 4.69) is 15.4 Å². The zero-order valence-electron chi connectivity index (χ0n) is 15.4. The fourth-order valence-corrected chi connectivity index (χ4v) is 2.72. The molecule has 0 unspecified atom stereocenters. The van der Waals surface area contributed by atoms with Crippen molar-refractivity contribution in [1.29, 1.82) is 0 Å². The number of ether oxygens (including phenoxy) is 2. The molecule has 28 heavy (non-hydrogen) atoms. The number of halogens is 4. The molecular weight excluding hydrogens is 393 g/mol. The molecule has 154 valence electrons. The van der Waals surface area contributed by atoms with Crippen LogP contribution in [0.2, 0.25) is 5.02 Å². The summed E-state index contributed by atoms with van der Waals surface area (Å²) in [6.07, 6.45) is -2.88. The van der Waals surface area contributed by atoms with Gasteiger partial charge < -0.3 is 20.1 Å². The van der Waals surface area contributed by atoms with E-state index in [0.29, 0.717) is 19.8 Å². The molecule has 2 N–H and O–H groups in total. The van der Waals surface area contributed by atoms with Crippen LogP contribution in [0.4, 0.5) is 18.9 Å². The SMILES string of the molecule is FC(F)(F)Oc1ccc(CNCCCCOCCNc2ccccc2)cc1Cl. The number of anilines is 1. The van der Waals surface area contributed by atoms with Gasteiger partial charge >= 0.3 is 6.36 Å². The van der Waals surface area contributed by atoms with E-state index < -0.39 is 12.1 Å². The summed E-state index contributed by atoms with van der Waals surface area (Å²) in [6, 6.07) is 14.2. The molecule has 0 aliphatic carbocycles. The lowest BCUT2D eigenvalue weighted by Gasteiger charge is -2.12. The normalized spacial score (nSPS) is 11.4. The van der Waals surface area contributed by atoms with Gasteiger partial charge in [0, 0.05) is 25.4 Å². The van der Waals surface area contributed by atoms with Gasteiger partial charge in [0.25, 0.3) is 0 Å². The maximum absolute atomic E-state index is 12.2. The van der Waals surface area contributed by atoms with E-state index >= 15 is 0 Å². The van der Waals surface area contributed by atoms with Crippen LogP contribution in [0.3, 0.4) is 0 Å². The molecule has 0 fully saturated rings. The molecular formula is C20H24ClF3N2O2. The number of benzene rings is 2. The lowest BCUT2D eigenvalue weighted by Crippen LogP contribution is -2.18. The summed E-state index contributed by atoms with van der Waals surface area (Å²) in [5.41, 5.74) is 1.87. The first-order chi connectivity index (χ1) is 13.4. The highest BCUT2D eigenvalue weighted by molar-refractivity contribution is 6.32. The molecule has 0 saturated heterocycles. The largest absolute Gasteiger partial charge is 0.573 e. The highest BCUT2D eigenvalue weighted by Gasteiger charge is 2.31. The van der Waals surface area contributed by atoms with E-state index in [0.717, 1.165) is 37.2 Å². The van der Waals surface area contributed by atoms with Crippen LogP contribution in [0.25, 0.3) is 0 Å². The van der Waals surface area contributed by atoms with Gasteiger partial charge in [0.15, 0.2) is 0 Å². The smallest absolute Gasteiger partial charge is 0.404 e. The summed E-state index contributed by atoms with van der Waals surface area (Å²) < 4.78 is 46.1. The maximum Gasteiger partial charge on any atom is 0.573 e. The van der Waals surface area contributed by atoms with Crippen LogP contribution in [0.5, 0.6) is 5.75 Å². The summed E-state index contributed by atoms with van der Waals surface area (Å²) in [4.78, 5) is 0. The van der Waals surface area contributed by atoms with Crippen molar-refractivity contribution in [3.8, 4) is 5.75 Å². The van der Waals surface area contributed by atoms with E-state index in [-0.39, 0.29) is 5.02 Å². The van der Waals surface area contributed by atoms with Gasteiger partial charge in [-0.05, 0) is 49.2 Å². The Labute approximate surface area is 168 Å². The number of nitrogens with one attached hydrogen (secondary N) is 2. The Balaban J connectivity index is 1.49. The van der Waals surface area contributed by atoms with Crippen LogP contribution >= 0.6 is 11.6 Å². The monoisotopic (exact) mass is 416 g/mol. The zero-order chi connectivity index (χ0) is 20.2. The van der Waals surface area contributed by atoms with E-state index in [1.54, 1.807) is 6.07 Å². The zero-order valence-corrected chi connectivity index (χ0v) is 16.2. The molecule has 0 aromatic heterocycles. The summed E-state index contributed by atoms with van der Waals surface area (Å²) in [5.74, 6) is -0.392. The highest BCUT2D eigenvalue weighted by Crippen LogP contribution is 2.30. The van der Waals surface area contributed by atoms with E-state index in [9.17, 15) is 13.2 Å². The molecule has 0 bridgehead atoms. The average Bonchev–Trinajstić information content (AvgIpc) is 2.65. The Morgan fingerprint density at radius 3 is 2.43 bits per heavy atom. The minimum Gasteiger partial charge on any atom is -0.404 e. The van der Waals surface area contributed by atoms with E-state index in [1.165, 1.54) is 12.1 Å². The second-order valence-corrected chi connectivity index (χ2v) is 6.51. The Morgan fingerprint density at radius 2 is 1.71 bits per heavy atom.